The van der Waals surface area contributed by atoms with E-state index in [2.05, 4.69) is 10.2 Å². The Balaban J connectivity index is 2.14. The van der Waals surface area contributed by atoms with Crippen molar-refractivity contribution in [3.8, 4) is 11.5 Å². The van der Waals surface area contributed by atoms with Gasteiger partial charge in [-0.15, -0.1) is 10.2 Å². The lowest BCUT2D eigenvalue weighted by Gasteiger charge is -2.13. The summed E-state index contributed by atoms with van der Waals surface area (Å²) in [6, 6.07) is 5.79. The van der Waals surface area contributed by atoms with Crippen LogP contribution in [0.15, 0.2) is 28.7 Å². The Morgan fingerprint density at radius 3 is 2.90 bits per heavy atom. The molecule has 0 saturated heterocycles. The predicted octanol–water partition coefficient (Wildman–Crippen LogP) is 2.75. The highest BCUT2D eigenvalue weighted by Crippen LogP contribution is 2.19. The molecule has 0 aliphatic carbocycles. The van der Waals surface area contributed by atoms with E-state index in [1.165, 1.54) is 17.0 Å². The fourth-order valence-electron chi connectivity index (χ4n) is 1.71. The zero-order chi connectivity index (χ0) is 14.5. The molecule has 6 heteroatoms. The van der Waals surface area contributed by atoms with Gasteiger partial charge in [-0.05, 0) is 24.6 Å². The number of benzene rings is 1. The van der Waals surface area contributed by atoms with Crippen molar-refractivity contribution in [2.75, 3.05) is 13.6 Å². The van der Waals surface area contributed by atoms with Gasteiger partial charge in [-0.1, -0.05) is 19.4 Å². The number of amides is 1. The van der Waals surface area contributed by atoms with E-state index in [1.807, 2.05) is 6.92 Å². The van der Waals surface area contributed by atoms with Gasteiger partial charge < -0.3 is 9.32 Å². The van der Waals surface area contributed by atoms with E-state index in [1.54, 1.807) is 19.2 Å². The van der Waals surface area contributed by atoms with Crippen molar-refractivity contribution >= 4 is 5.91 Å². The van der Waals surface area contributed by atoms with Crippen molar-refractivity contribution < 1.29 is 13.6 Å². The minimum absolute atomic E-state index is 0.0807. The Labute approximate surface area is 116 Å². The van der Waals surface area contributed by atoms with Crippen LogP contribution in [-0.4, -0.2) is 34.6 Å². The Morgan fingerprint density at radius 2 is 2.20 bits per heavy atom. The molecule has 0 aliphatic rings. The Hall–Kier alpha value is -2.24. The maximum Gasteiger partial charge on any atom is 0.311 e. The number of halogens is 1. The monoisotopic (exact) mass is 277 g/mol. The van der Waals surface area contributed by atoms with Gasteiger partial charge in [0.25, 0.3) is 0 Å². The first-order valence-corrected chi connectivity index (χ1v) is 6.46. The average Bonchev–Trinajstić information content (AvgIpc) is 2.93. The molecule has 1 aromatic carbocycles. The Morgan fingerprint density at radius 1 is 1.40 bits per heavy atom. The lowest BCUT2D eigenvalue weighted by Crippen LogP contribution is -2.27. The third-order valence-electron chi connectivity index (χ3n) is 2.87. The molecule has 2 rings (SSSR count). The maximum atomic E-state index is 13.1. The second-order valence-corrected chi connectivity index (χ2v) is 4.50. The van der Waals surface area contributed by atoms with Crippen LogP contribution in [0.5, 0.6) is 0 Å². The molecule has 0 atom stereocenters. The minimum Gasteiger partial charge on any atom is -0.412 e. The average molecular weight is 277 g/mol. The topological polar surface area (TPSA) is 59.2 Å². The van der Waals surface area contributed by atoms with Gasteiger partial charge in [0.1, 0.15) is 5.82 Å². The zero-order valence-electron chi connectivity index (χ0n) is 11.5. The lowest BCUT2D eigenvalue weighted by atomic mass is 10.2. The fraction of sp³-hybridized carbons (Fsp3) is 0.357. The summed E-state index contributed by atoms with van der Waals surface area (Å²) in [5.41, 5.74) is 0.452. The van der Waals surface area contributed by atoms with Crippen LogP contribution in [0.1, 0.15) is 30.5 Å². The van der Waals surface area contributed by atoms with Gasteiger partial charge in [0.05, 0.1) is 0 Å². The molecule has 20 heavy (non-hydrogen) atoms. The fourth-order valence-corrected chi connectivity index (χ4v) is 1.71. The van der Waals surface area contributed by atoms with Gasteiger partial charge >= 0.3 is 11.8 Å². The molecule has 106 valence electrons. The van der Waals surface area contributed by atoms with Gasteiger partial charge in [-0.3, -0.25) is 4.79 Å². The van der Waals surface area contributed by atoms with E-state index in [9.17, 15) is 9.18 Å². The molecule has 0 bridgehead atoms. The van der Waals surface area contributed by atoms with Gasteiger partial charge in [0, 0.05) is 19.2 Å². The third kappa shape index (κ3) is 3.20. The molecule has 0 aliphatic heterocycles. The van der Waals surface area contributed by atoms with Crippen molar-refractivity contribution in [2.24, 2.45) is 0 Å². The summed E-state index contributed by atoms with van der Waals surface area (Å²) in [6.45, 7) is 2.68. The molecule has 0 radical (unpaired) electrons. The molecule has 0 fully saturated rings. The summed E-state index contributed by atoms with van der Waals surface area (Å²) in [5.74, 6) is -0.665. The highest BCUT2D eigenvalue weighted by atomic mass is 19.1. The molecule has 0 N–H and O–H groups in total. The largest absolute Gasteiger partial charge is 0.412 e. The summed E-state index contributed by atoms with van der Waals surface area (Å²) < 4.78 is 18.4. The number of nitrogens with zero attached hydrogens (tertiary/aromatic N) is 3. The van der Waals surface area contributed by atoms with E-state index in [4.69, 9.17) is 4.42 Å². The van der Waals surface area contributed by atoms with Gasteiger partial charge in [-0.25, -0.2) is 4.39 Å². The first kappa shape index (κ1) is 14.2. The van der Waals surface area contributed by atoms with Crippen molar-refractivity contribution in [1.29, 1.82) is 0 Å². The van der Waals surface area contributed by atoms with E-state index in [0.29, 0.717) is 12.1 Å². The summed E-state index contributed by atoms with van der Waals surface area (Å²) in [6.07, 6.45) is 1.91. The number of carbonyl (C=O) groups is 1. The van der Waals surface area contributed by atoms with Gasteiger partial charge in [0.2, 0.25) is 5.89 Å². The van der Waals surface area contributed by atoms with E-state index in [-0.39, 0.29) is 17.7 Å². The molecule has 1 heterocycles. The van der Waals surface area contributed by atoms with Gasteiger partial charge in [0.15, 0.2) is 0 Å². The first-order chi connectivity index (χ1) is 9.61. The molecule has 1 amide bonds. The van der Waals surface area contributed by atoms with Crippen LogP contribution in [0, 0.1) is 5.82 Å². The highest BCUT2D eigenvalue weighted by Gasteiger charge is 2.19. The first-order valence-electron chi connectivity index (χ1n) is 6.46. The molecule has 1 aromatic heterocycles. The van der Waals surface area contributed by atoms with Crippen LogP contribution in [0.2, 0.25) is 0 Å². The summed E-state index contributed by atoms with van der Waals surface area (Å²) in [4.78, 5) is 13.6. The number of rotatable bonds is 5. The second kappa shape index (κ2) is 6.27. The number of hydrogen-bond donors (Lipinski definition) is 0. The van der Waals surface area contributed by atoms with Crippen LogP contribution in [-0.2, 0) is 0 Å². The molecule has 5 nitrogen and oxygen atoms in total. The third-order valence-corrected chi connectivity index (χ3v) is 2.87. The van der Waals surface area contributed by atoms with Crippen molar-refractivity contribution in [2.45, 2.75) is 19.8 Å². The van der Waals surface area contributed by atoms with Crippen molar-refractivity contribution in [3.05, 3.63) is 36.0 Å². The SMILES string of the molecule is CCCCN(C)C(=O)c1nnc(-c2cccc(F)c2)o1. The van der Waals surface area contributed by atoms with E-state index in [0.717, 1.165) is 12.8 Å². The standard InChI is InChI=1S/C14H16FN3O2/c1-3-4-8-18(2)14(19)13-17-16-12(20-13)10-6-5-7-11(15)9-10/h5-7,9H,3-4,8H2,1-2H3. The lowest BCUT2D eigenvalue weighted by molar-refractivity contribution is 0.0754. The molecule has 0 spiro atoms. The van der Waals surface area contributed by atoms with Crippen LogP contribution in [0.3, 0.4) is 0 Å². The number of hydrogen-bond acceptors (Lipinski definition) is 4. The van der Waals surface area contributed by atoms with Crippen LogP contribution >= 0.6 is 0 Å². The Kier molecular flexibility index (Phi) is 4.45. The summed E-state index contributed by atoms with van der Waals surface area (Å²) >= 11 is 0. The van der Waals surface area contributed by atoms with Crippen LogP contribution in [0.4, 0.5) is 4.39 Å². The smallest absolute Gasteiger partial charge is 0.311 e. The number of aromatic nitrogens is 2. The molecule has 2 aromatic rings. The van der Waals surface area contributed by atoms with Gasteiger partial charge in [-0.2, -0.15) is 0 Å². The normalized spacial score (nSPS) is 10.6. The quantitative estimate of drug-likeness (QED) is 0.843. The summed E-state index contributed by atoms with van der Waals surface area (Å²) in [7, 11) is 1.68. The second-order valence-electron chi connectivity index (χ2n) is 4.50. The van der Waals surface area contributed by atoms with Crippen LogP contribution in [0.25, 0.3) is 11.5 Å². The number of carbonyl (C=O) groups excluding carboxylic acids is 1. The van der Waals surface area contributed by atoms with Crippen molar-refractivity contribution in [1.82, 2.24) is 15.1 Å². The van der Waals surface area contributed by atoms with Crippen molar-refractivity contribution in [3.63, 3.8) is 0 Å². The zero-order valence-corrected chi connectivity index (χ0v) is 11.5. The maximum absolute atomic E-state index is 13.1. The minimum atomic E-state index is -0.395. The summed E-state index contributed by atoms with van der Waals surface area (Å²) in [5, 5.41) is 7.50. The molecule has 0 saturated carbocycles. The molecular weight excluding hydrogens is 261 g/mol. The van der Waals surface area contributed by atoms with E-state index < -0.39 is 5.82 Å². The predicted molar refractivity (Wildman–Crippen MR) is 71.6 cm³/mol. The highest BCUT2D eigenvalue weighted by molar-refractivity contribution is 5.89. The van der Waals surface area contributed by atoms with Crippen LogP contribution < -0.4 is 0 Å². The molecular formula is C14H16FN3O2. The Bertz CT molecular complexity index is 598. The number of unbranched alkanes of at least 4 members (excludes halogenated alkanes) is 1. The molecule has 0 unspecified atom stereocenters. The van der Waals surface area contributed by atoms with E-state index >= 15 is 0 Å².